The minimum Gasteiger partial charge on any atom is -0.479 e. The zero-order chi connectivity index (χ0) is 21.9. The van der Waals surface area contributed by atoms with Gasteiger partial charge in [-0.25, -0.2) is 4.79 Å². The molecule has 0 saturated carbocycles. The van der Waals surface area contributed by atoms with Crippen molar-refractivity contribution in [1.82, 2.24) is 5.32 Å². The Hall–Kier alpha value is -1.73. The van der Waals surface area contributed by atoms with Gasteiger partial charge in [0.1, 0.15) is 5.78 Å². The summed E-state index contributed by atoms with van der Waals surface area (Å²) >= 11 is 0. The van der Waals surface area contributed by atoms with Crippen LogP contribution < -0.4 is 11.1 Å². The summed E-state index contributed by atoms with van der Waals surface area (Å²) in [5, 5.41) is 11.9. The monoisotopic (exact) mass is 430 g/mol. The summed E-state index contributed by atoms with van der Waals surface area (Å²) in [5.41, 5.74) is 6.40. The number of aryl methyl sites for hydroxylation is 1. The van der Waals surface area contributed by atoms with Gasteiger partial charge in [0.05, 0.1) is 0 Å². The highest BCUT2D eigenvalue weighted by atomic mass is 31.2. The van der Waals surface area contributed by atoms with Crippen LogP contribution in [0.15, 0.2) is 30.3 Å². The fourth-order valence-electron chi connectivity index (χ4n) is 2.88. The molecule has 1 rings (SSSR count). The summed E-state index contributed by atoms with van der Waals surface area (Å²) in [5.74, 6) is -3.29. The molecule has 1 amide bonds. The number of carbonyl (C=O) groups excluding carboxylic acids is 1. The van der Waals surface area contributed by atoms with Gasteiger partial charge in [0.15, 0.2) is 6.10 Å². The highest BCUT2D eigenvalue weighted by Crippen LogP contribution is 2.50. The summed E-state index contributed by atoms with van der Waals surface area (Å²) in [7, 11) is -4.41. The van der Waals surface area contributed by atoms with E-state index >= 15 is 0 Å². The molecule has 0 spiro atoms. The summed E-state index contributed by atoms with van der Waals surface area (Å²) in [6, 6.07) is 9.43. The number of nitrogens with two attached hydrogens (primary N) is 1. The Bertz CT molecular complexity index is 689. The van der Waals surface area contributed by atoms with Gasteiger partial charge in [0, 0.05) is 7.85 Å². The number of carbonyl (C=O) groups is 2. The number of unbranched alkanes of at least 4 members (excludes halogenated alkanes) is 2. The fraction of sp³-hybridized carbons (Fsp3) is 0.600. The number of aliphatic carboxylic acids is 1. The van der Waals surface area contributed by atoms with Gasteiger partial charge in [-0.1, -0.05) is 57.0 Å². The molecule has 9 heteroatoms. The standard InChI is InChI=1S/C20H33N2O6P.H2/c1-15(2)19(22-18(23)13-12-16-9-5-3-6-10-16)29(26,27)28-17(20(24)25)11-7-4-8-14-21;/h3,5-6,9-10,15,17,19H,4,7-8,11-14,21H2,1-2H3,(H,22,23)(H,24,25)(H,26,27);1H. The number of carboxylic acid groups (broad SMARTS) is 1. The van der Waals surface area contributed by atoms with Crippen molar-refractivity contribution in [2.75, 3.05) is 6.54 Å². The first-order valence-corrected chi connectivity index (χ1v) is 11.6. The Balaban J connectivity index is 0.00000841. The van der Waals surface area contributed by atoms with Gasteiger partial charge in [-0.15, -0.1) is 0 Å². The number of hydrogen-bond acceptors (Lipinski definition) is 5. The Morgan fingerprint density at radius 2 is 1.86 bits per heavy atom. The van der Waals surface area contributed by atoms with Crippen LogP contribution in [0.4, 0.5) is 0 Å². The summed E-state index contributed by atoms with van der Waals surface area (Å²) < 4.78 is 17.9. The molecule has 3 atom stereocenters. The Morgan fingerprint density at radius 3 is 2.41 bits per heavy atom. The molecule has 166 valence electrons. The number of amides is 1. The summed E-state index contributed by atoms with van der Waals surface area (Å²) in [6.07, 6.45) is 1.31. The lowest BCUT2D eigenvalue weighted by atomic mass is 10.1. The highest BCUT2D eigenvalue weighted by Gasteiger charge is 2.40. The number of rotatable bonds is 14. The van der Waals surface area contributed by atoms with Crippen molar-refractivity contribution in [3.8, 4) is 0 Å². The van der Waals surface area contributed by atoms with E-state index in [1.165, 1.54) is 0 Å². The van der Waals surface area contributed by atoms with Crippen molar-refractivity contribution in [2.24, 2.45) is 11.7 Å². The Morgan fingerprint density at radius 1 is 1.21 bits per heavy atom. The molecule has 29 heavy (non-hydrogen) atoms. The Kier molecular flexibility index (Phi) is 11.1. The third-order valence-electron chi connectivity index (χ3n) is 4.50. The molecule has 5 N–H and O–H groups in total. The lowest BCUT2D eigenvalue weighted by Gasteiger charge is -2.28. The van der Waals surface area contributed by atoms with Gasteiger partial charge in [-0.3, -0.25) is 13.9 Å². The van der Waals surface area contributed by atoms with E-state index < -0.39 is 31.4 Å². The third-order valence-corrected chi connectivity index (χ3v) is 6.48. The maximum Gasteiger partial charge on any atom is 0.351 e. The Labute approximate surface area is 173 Å². The van der Waals surface area contributed by atoms with Crippen molar-refractivity contribution in [1.29, 1.82) is 0 Å². The van der Waals surface area contributed by atoms with E-state index in [9.17, 15) is 24.2 Å². The third kappa shape index (κ3) is 9.54. The van der Waals surface area contributed by atoms with Crippen LogP contribution in [-0.2, 0) is 25.1 Å². The largest absolute Gasteiger partial charge is 0.479 e. The topological polar surface area (TPSA) is 139 Å². The van der Waals surface area contributed by atoms with E-state index in [4.69, 9.17) is 10.3 Å². The average molecular weight is 430 g/mol. The van der Waals surface area contributed by atoms with Crippen LogP contribution in [0.5, 0.6) is 0 Å². The first-order valence-electron chi connectivity index (χ1n) is 9.94. The van der Waals surface area contributed by atoms with E-state index in [1.807, 2.05) is 30.3 Å². The van der Waals surface area contributed by atoms with E-state index in [2.05, 4.69) is 5.32 Å². The number of nitrogens with one attached hydrogen (secondary N) is 1. The molecular formula is C20H35N2O6P. The number of benzene rings is 1. The van der Waals surface area contributed by atoms with Crippen LogP contribution in [0, 0.1) is 5.92 Å². The van der Waals surface area contributed by atoms with Crippen molar-refractivity contribution in [3.63, 3.8) is 0 Å². The van der Waals surface area contributed by atoms with Crippen molar-refractivity contribution < 1.29 is 30.1 Å². The second-order valence-electron chi connectivity index (χ2n) is 7.38. The predicted molar refractivity (Wildman–Crippen MR) is 114 cm³/mol. The number of hydrogen-bond donors (Lipinski definition) is 4. The van der Waals surface area contributed by atoms with Gasteiger partial charge in [-0.05, 0) is 37.3 Å². The molecule has 0 aliphatic heterocycles. The van der Waals surface area contributed by atoms with Crippen LogP contribution in [0.1, 0.15) is 52.9 Å². The van der Waals surface area contributed by atoms with Gasteiger partial charge in [0.25, 0.3) is 0 Å². The molecule has 0 aromatic heterocycles. The van der Waals surface area contributed by atoms with E-state index in [0.29, 0.717) is 25.8 Å². The van der Waals surface area contributed by atoms with E-state index in [1.54, 1.807) is 13.8 Å². The molecule has 0 aliphatic carbocycles. The lowest BCUT2D eigenvalue weighted by Crippen LogP contribution is -2.40. The van der Waals surface area contributed by atoms with Gasteiger partial charge < -0.3 is 21.1 Å². The van der Waals surface area contributed by atoms with E-state index in [0.717, 1.165) is 12.0 Å². The normalized spacial score (nSPS) is 15.5. The van der Waals surface area contributed by atoms with Crippen molar-refractivity contribution in [2.45, 2.75) is 64.3 Å². The molecule has 0 heterocycles. The smallest absolute Gasteiger partial charge is 0.351 e. The van der Waals surface area contributed by atoms with Crippen LogP contribution in [0.25, 0.3) is 0 Å². The predicted octanol–water partition coefficient (Wildman–Crippen LogP) is 3.14. The second kappa shape index (κ2) is 12.8. The lowest BCUT2D eigenvalue weighted by molar-refractivity contribution is -0.145. The summed E-state index contributed by atoms with van der Waals surface area (Å²) in [6.45, 7) is 3.85. The van der Waals surface area contributed by atoms with Crippen LogP contribution in [-0.4, -0.2) is 40.3 Å². The quantitative estimate of drug-likeness (QED) is 0.263. The minimum absolute atomic E-state index is 0. The molecule has 1 aromatic rings. The van der Waals surface area contributed by atoms with Gasteiger partial charge in [0.2, 0.25) is 5.91 Å². The molecule has 0 aliphatic rings. The molecule has 0 radical (unpaired) electrons. The van der Waals surface area contributed by atoms with E-state index in [-0.39, 0.29) is 20.2 Å². The molecule has 1 aromatic carbocycles. The molecule has 8 nitrogen and oxygen atoms in total. The first kappa shape index (κ1) is 25.3. The van der Waals surface area contributed by atoms with Crippen LogP contribution in [0.2, 0.25) is 0 Å². The SMILES string of the molecule is CC(C)C(NC(=O)CCc1ccccc1)P(=O)(O)OC(CCCCCN)C(=O)O.[HH]. The van der Waals surface area contributed by atoms with Crippen LogP contribution >= 0.6 is 7.60 Å². The maximum absolute atomic E-state index is 12.8. The maximum atomic E-state index is 12.8. The highest BCUT2D eigenvalue weighted by molar-refractivity contribution is 7.53. The fourth-order valence-corrected chi connectivity index (χ4v) is 4.64. The zero-order valence-electron chi connectivity index (χ0n) is 17.1. The average Bonchev–Trinajstić information content (AvgIpc) is 2.67. The second-order valence-corrected chi connectivity index (χ2v) is 9.27. The van der Waals surface area contributed by atoms with Gasteiger partial charge in [-0.2, -0.15) is 0 Å². The van der Waals surface area contributed by atoms with Crippen LogP contribution in [0.3, 0.4) is 0 Å². The number of carboxylic acids is 1. The molecule has 0 saturated heterocycles. The molecule has 3 unspecified atom stereocenters. The zero-order valence-corrected chi connectivity index (χ0v) is 18.0. The molecule has 0 fully saturated rings. The van der Waals surface area contributed by atoms with Crippen molar-refractivity contribution >= 4 is 19.5 Å². The summed E-state index contributed by atoms with van der Waals surface area (Å²) in [4.78, 5) is 34.2. The molecular weight excluding hydrogens is 395 g/mol. The minimum atomic E-state index is -4.41. The first-order chi connectivity index (χ1) is 13.7. The van der Waals surface area contributed by atoms with Gasteiger partial charge >= 0.3 is 13.6 Å². The van der Waals surface area contributed by atoms with Crippen molar-refractivity contribution in [3.05, 3.63) is 35.9 Å². The molecule has 0 bridgehead atoms.